The number of halogens is 1. The van der Waals surface area contributed by atoms with E-state index in [1.807, 2.05) is 13.0 Å². The number of carbonyl (C=O) groups excluding carboxylic acids is 1. The van der Waals surface area contributed by atoms with Gasteiger partial charge < -0.3 is 15.2 Å². The Balaban J connectivity index is 1.73. The summed E-state index contributed by atoms with van der Waals surface area (Å²) in [7, 11) is 0. The molecule has 0 fully saturated rings. The summed E-state index contributed by atoms with van der Waals surface area (Å²) >= 11 is 5.78. The van der Waals surface area contributed by atoms with Crippen molar-refractivity contribution in [3.8, 4) is 0 Å². The van der Waals surface area contributed by atoms with E-state index < -0.39 is 0 Å². The van der Waals surface area contributed by atoms with Gasteiger partial charge in [-0.15, -0.1) is 0 Å². The Kier molecular flexibility index (Phi) is 5.61. The van der Waals surface area contributed by atoms with Crippen molar-refractivity contribution in [3.63, 3.8) is 0 Å². The van der Waals surface area contributed by atoms with Crippen molar-refractivity contribution in [1.82, 2.24) is 9.88 Å². The molecule has 2 rings (SSSR count). The van der Waals surface area contributed by atoms with Gasteiger partial charge in [0.15, 0.2) is 0 Å². The van der Waals surface area contributed by atoms with Gasteiger partial charge in [0.05, 0.1) is 0 Å². The first-order valence-corrected chi connectivity index (χ1v) is 7.40. The number of urea groups is 1. The number of nitrogens with zero attached hydrogens (tertiary/aromatic N) is 1. The van der Waals surface area contributed by atoms with Crippen LogP contribution in [0.3, 0.4) is 0 Å². The van der Waals surface area contributed by atoms with Gasteiger partial charge in [-0.2, -0.15) is 0 Å². The first-order chi connectivity index (χ1) is 10.5. The van der Waals surface area contributed by atoms with Gasteiger partial charge in [0.1, 0.15) is 0 Å². The average molecular weight is 320 g/mol. The van der Waals surface area contributed by atoms with Gasteiger partial charge in [-0.25, -0.2) is 4.79 Å². The fourth-order valence-corrected chi connectivity index (χ4v) is 2.08. The van der Waals surface area contributed by atoms with Crippen LogP contribution in [0.15, 0.2) is 47.4 Å². The van der Waals surface area contributed by atoms with Crippen LogP contribution in [-0.4, -0.2) is 17.1 Å². The van der Waals surface area contributed by atoms with Gasteiger partial charge in [0.2, 0.25) is 0 Å². The minimum Gasteiger partial charge on any atom is -0.338 e. The van der Waals surface area contributed by atoms with Crippen molar-refractivity contribution in [2.75, 3.05) is 11.9 Å². The fraction of sp³-hybridized carbons (Fsp3) is 0.250. The molecule has 0 atom stereocenters. The second-order valence-corrected chi connectivity index (χ2v) is 5.41. The number of pyridine rings is 1. The molecule has 0 bridgehead atoms. The molecule has 1 aromatic heterocycles. The number of aryl methyl sites for hydroxylation is 2. The number of aromatic nitrogens is 1. The summed E-state index contributed by atoms with van der Waals surface area (Å²) in [4.78, 5) is 23.4. The third kappa shape index (κ3) is 4.93. The molecule has 0 aliphatic carbocycles. The Morgan fingerprint density at radius 3 is 2.64 bits per heavy atom. The number of amides is 2. The summed E-state index contributed by atoms with van der Waals surface area (Å²) < 4.78 is 1.63. The van der Waals surface area contributed by atoms with E-state index in [0.717, 1.165) is 5.56 Å². The van der Waals surface area contributed by atoms with E-state index in [-0.39, 0.29) is 11.6 Å². The lowest BCUT2D eigenvalue weighted by Crippen LogP contribution is -2.30. The highest BCUT2D eigenvalue weighted by Gasteiger charge is 2.01. The van der Waals surface area contributed by atoms with Crippen molar-refractivity contribution in [3.05, 3.63) is 63.5 Å². The molecular formula is C16H18ClN3O2. The maximum Gasteiger partial charge on any atom is 0.319 e. The number of hydrogen-bond acceptors (Lipinski definition) is 2. The lowest BCUT2D eigenvalue weighted by molar-refractivity contribution is 0.252. The zero-order chi connectivity index (χ0) is 15.9. The predicted molar refractivity (Wildman–Crippen MR) is 88.5 cm³/mol. The van der Waals surface area contributed by atoms with Crippen LogP contribution in [0.1, 0.15) is 12.0 Å². The highest BCUT2D eigenvalue weighted by Crippen LogP contribution is 2.12. The topological polar surface area (TPSA) is 63.1 Å². The number of carbonyl (C=O) groups is 1. The third-order valence-corrected chi connectivity index (χ3v) is 3.37. The summed E-state index contributed by atoms with van der Waals surface area (Å²) in [6.07, 6.45) is 2.45. The second kappa shape index (κ2) is 7.66. The summed E-state index contributed by atoms with van der Waals surface area (Å²) in [5.74, 6) is 0. The Bertz CT molecular complexity index is 695. The van der Waals surface area contributed by atoms with Crippen LogP contribution in [0.4, 0.5) is 10.5 Å². The van der Waals surface area contributed by atoms with Gasteiger partial charge in [0.25, 0.3) is 5.56 Å². The standard InChI is InChI=1S/C16H18ClN3O2/c1-12-7-10-20(15(21)11-12)9-2-8-18-16(22)19-14-5-3-13(17)4-6-14/h3-7,10-11H,2,8-9H2,1H3,(H2,18,19,22). The number of hydrogen-bond donors (Lipinski definition) is 2. The molecule has 0 saturated heterocycles. The molecule has 0 aliphatic rings. The normalized spacial score (nSPS) is 10.3. The Morgan fingerprint density at radius 1 is 1.23 bits per heavy atom. The minimum absolute atomic E-state index is 0.0226. The van der Waals surface area contributed by atoms with E-state index in [1.165, 1.54) is 0 Å². The summed E-state index contributed by atoms with van der Waals surface area (Å²) in [5.41, 5.74) is 1.60. The minimum atomic E-state index is -0.279. The number of rotatable bonds is 5. The fourth-order valence-electron chi connectivity index (χ4n) is 1.95. The molecule has 0 saturated carbocycles. The molecule has 6 heteroatoms. The van der Waals surface area contributed by atoms with Crippen molar-refractivity contribution < 1.29 is 4.79 Å². The van der Waals surface area contributed by atoms with Crippen molar-refractivity contribution in [1.29, 1.82) is 0 Å². The molecule has 2 N–H and O–H groups in total. The molecule has 2 aromatic rings. The molecule has 5 nitrogen and oxygen atoms in total. The van der Waals surface area contributed by atoms with Crippen LogP contribution < -0.4 is 16.2 Å². The van der Waals surface area contributed by atoms with Crippen LogP contribution in [0.5, 0.6) is 0 Å². The van der Waals surface area contributed by atoms with Crippen molar-refractivity contribution >= 4 is 23.3 Å². The lowest BCUT2D eigenvalue weighted by atomic mass is 10.3. The summed E-state index contributed by atoms with van der Waals surface area (Å²) in [5, 5.41) is 6.08. The van der Waals surface area contributed by atoms with Crippen LogP contribution in [-0.2, 0) is 6.54 Å². The number of nitrogens with one attached hydrogen (secondary N) is 2. The maximum absolute atomic E-state index is 11.7. The molecule has 0 unspecified atom stereocenters. The van der Waals surface area contributed by atoms with Gasteiger partial charge >= 0.3 is 6.03 Å². The molecule has 22 heavy (non-hydrogen) atoms. The zero-order valence-corrected chi connectivity index (χ0v) is 13.1. The molecular weight excluding hydrogens is 302 g/mol. The van der Waals surface area contributed by atoms with Crippen molar-refractivity contribution in [2.45, 2.75) is 19.9 Å². The first kappa shape index (κ1) is 16.1. The maximum atomic E-state index is 11.7. The van der Waals surface area contributed by atoms with Gasteiger partial charge in [-0.3, -0.25) is 4.79 Å². The highest BCUT2D eigenvalue weighted by atomic mass is 35.5. The Morgan fingerprint density at radius 2 is 1.95 bits per heavy atom. The average Bonchev–Trinajstić information content (AvgIpc) is 2.48. The monoisotopic (exact) mass is 319 g/mol. The van der Waals surface area contributed by atoms with E-state index in [2.05, 4.69) is 10.6 Å². The van der Waals surface area contributed by atoms with Gasteiger partial charge in [-0.05, 0) is 49.2 Å². The molecule has 1 heterocycles. The quantitative estimate of drug-likeness (QED) is 0.832. The molecule has 2 amide bonds. The lowest BCUT2D eigenvalue weighted by Gasteiger charge is -2.09. The Hall–Kier alpha value is -2.27. The van der Waals surface area contributed by atoms with Crippen LogP contribution in [0, 0.1) is 6.92 Å². The number of benzene rings is 1. The van der Waals surface area contributed by atoms with Crippen LogP contribution >= 0.6 is 11.6 Å². The molecule has 1 aromatic carbocycles. The molecule has 0 aliphatic heterocycles. The predicted octanol–water partition coefficient (Wildman–Crippen LogP) is 3.02. The zero-order valence-electron chi connectivity index (χ0n) is 12.3. The smallest absolute Gasteiger partial charge is 0.319 e. The number of anilines is 1. The van der Waals surface area contributed by atoms with Gasteiger partial charge in [0, 0.05) is 36.1 Å². The van der Waals surface area contributed by atoms with E-state index in [9.17, 15) is 9.59 Å². The van der Waals surface area contributed by atoms with Crippen LogP contribution in [0.25, 0.3) is 0 Å². The van der Waals surface area contributed by atoms with Crippen molar-refractivity contribution in [2.24, 2.45) is 0 Å². The third-order valence-electron chi connectivity index (χ3n) is 3.12. The second-order valence-electron chi connectivity index (χ2n) is 4.98. The van der Waals surface area contributed by atoms with E-state index in [4.69, 9.17) is 11.6 Å². The summed E-state index contributed by atoms with van der Waals surface area (Å²) in [6, 6.07) is 10.1. The van der Waals surface area contributed by atoms with Gasteiger partial charge in [-0.1, -0.05) is 11.6 Å². The summed E-state index contributed by atoms with van der Waals surface area (Å²) in [6.45, 7) is 2.94. The molecule has 116 valence electrons. The molecule has 0 radical (unpaired) electrons. The van der Waals surface area contributed by atoms with E-state index >= 15 is 0 Å². The van der Waals surface area contributed by atoms with Crippen LogP contribution in [0.2, 0.25) is 5.02 Å². The van der Waals surface area contributed by atoms with E-state index in [1.54, 1.807) is 41.1 Å². The SMILES string of the molecule is Cc1ccn(CCCNC(=O)Nc2ccc(Cl)cc2)c(=O)c1. The first-order valence-electron chi connectivity index (χ1n) is 7.02. The Labute approximate surface area is 133 Å². The van der Waals surface area contributed by atoms with E-state index in [0.29, 0.717) is 30.2 Å². The largest absolute Gasteiger partial charge is 0.338 e. The molecule has 0 spiro atoms. The highest BCUT2D eigenvalue weighted by molar-refractivity contribution is 6.30.